The maximum atomic E-state index is 5.93. The van der Waals surface area contributed by atoms with Gasteiger partial charge in [0.1, 0.15) is 7.85 Å². The predicted octanol–water partition coefficient (Wildman–Crippen LogP) is 5.89. The van der Waals surface area contributed by atoms with E-state index in [1.165, 1.54) is 27.9 Å². The molecule has 0 aromatic carbocycles. The maximum absolute atomic E-state index is 5.93. The van der Waals surface area contributed by atoms with Gasteiger partial charge >= 0.3 is 0 Å². The lowest BCUT2D eigenvalue weighted by molar-refractivity contribution is 0.793. The lowest BCUT2D eigenvalue weighted by Crippen LogP contribution is -2.05. The Balaban J connectivity index is 6.18. The molecule has 0 N–H and O–H groups in total. The van der Waals surface area contributed by atoms with Crippen molar-refractivity contribution in [1.82, 2.24) is 0 Å². The van der Waals surface area contributed by atoms with Crippen LogP contribution in [0.25, 0.3) is 0 Å². The molecule has 1 unspecified atom stereocenters. The molecular weight excluding hydrogens is 239 g/mol. The third-order valence-electron chi connectivity index (χ3n) is 4.30. The molecule has 0 aliphatic heterocycles. The summed E-state index contributed by atoms with van der Waals surface area (Å²) in [7, 11) is 5.93. The lowest BCUT2D eigenvalue weighted by atomic mass is 9.82. The van der Waals surface area contributed by atoms with Gasteiger partial charge in [0, 0.05) is 0 Å². The number of hydrogen-bond donors (Lipinski definition) is 0. The van der Waals surface area contributed by atoms with Gasteiger partial charge in [-0.15, -0.1) is 5.47 Å². The van der Waals surface area contributed by atoms with Gasteiger partial charge in [0.2, 0.25) is 0 Å². The molecule has 0 aromatic heterocycles. The van der Waals surface area contributed by atoms with Crippen LogP contribution in [0, 0.1) is 5.92 Å². The molecule has 0 rings (SSSR count). The van der Waals surface area contributed by atoms with Gasteiger partial charge in [-0.25, -0.2) is 0 Å². The monoisotopic (exact) mass is 268 g/mol. The van der Waals surface area contributed by atoms with E-state index in [9.17, 15) is 0 Å². The van der Waals surface area contributed by atoms with Gasteiger partial charge in [0.15, 0.2) is 0 Å². The van der Waals surface area contributed by atoms with Crippen LogP contribution < -0.4 is 0 Å². The van der Waals surface area contributed by atoms with Crippen molar-refractivity contribution in [3.63, 3.8) is 0 Å². The average Bonchev–Trinajstić information content (AvgIpc) is 2.34. The Labute approximate surface area is 127 Å². The van der Waals surface area contributed by atoms with Crippen LogP contribution in [-0.4, -0.2) is 7.85 Å². The smallest absolute Gasteiger partial charge is 0.107 e. The molecule has 20 heavy (non-hydrogen) atoms. The van der Waals surface area contributed by atoms with E-state index in [2.05, 4.69) is 61.6 Å². The molecule has 0 fully saturated rings. The van der Waals surface area contributed by atoms with E-state index in [0.29, 0.717) is 5.92 Å². The Morgan fingerprint density at radius 2 is 1.25 bits per heavy atom. The first-order valence-electron chi connectivity index (χ1n) is 7.15. The van der Waals surface area contributed by atoms with Gasteiger partial charge < -0.3 is 0 Å². The predicted molar refractivity (Wildman–Crippen MR) is 94.0 cm³/mol. The fourth-order valence-corrected chi connectivity index (χ4v) is 2.30. The zero-order chi connectivity index (χ0) is 16.2. The van der Waals surface area contributed by atoms with Crippen LogP contribution in [0.1, 0.15) is 55.4 Å². The topological polar surface area (TPSA) is 0 Å². The summed E-state index contributed by atoms with van der Waals surface area (Å²) in [5.74, 6) is 0.354. The first kappa shape index (κ1) is 18.8. The summed E-state index contributed by atoms with van der Waals surface area (Å²) >= 11 is 0. The molecule has 0 aromatic rings. The highest BCUT2D eigenvalue weighted by atomic mass is 14.2. The second kappa shape index (κ2) is 7.52. The van der Waals surface area contributed by atoms with E-state index in [-0.39, 0.29) is 0 Å². The van der Waals surface area contributed by atoms with Crippen LogP contribution in [0.15, 0.2) is 57.6 Å². The molecule has 0 saturated heterocycles. The largest absolute Gasteiger partial charge is 0.118 e. The normalized spacial score (nSPS) is 16.8. The van der Waals surface area contributed by atoms with Crippen LogP contribution in [0.2, 0.25) is 0 Å². The zero-order valence-electron chi connectivity index (χ0n) is 14.6. The van der Waals surface area contributed by atoms with Crippen molar-refractivity contribution in [3.05, 3.63) is 57.6 Å². The van der Waals surface area contributed by atoms with Crippen molar-refractivity contribution >= 4 is 7.85 Å². The van der Waals surface area contributed by atoms with E-state index in [4.69, 9.17) is 7.85 Å². The van der Waals surface area contributed by atoms with Crippen molar-refractivity contribution in [2.24, 2.45) is 5.92 Å². The summed E-state index contributed by atoms with van der Waals surface area (Å²) < 4.78 is 0. The van der Waals surface area contributed by atoms with Gasteiger partial charge in [0.05, 0.1) is 0 Å². The Kier molecular flexibility index (Phi) is 7.06. The van der Waals surface area contributed by atoms with E-state index < -0.39 is 0 Å². The molecule has 1 atom stereocenters. The van der Waals surface area contributed by atoms with Gasteiger partial charge in [-0.1, -0.05) is 49.3 Å². The Morgan fingerprint density at radius 3 is 1.55 bits per heavy atom. The van der Waals surface area contributed by atoms with E-state index in [0.717, 1.165) is 16.6 Å². The van der Waals surface area contributed by atoms with Gasteiger partial charge in [-0.3, -0.25) is 0 Å². The molecule has 1 heteroatoms. The molecule has 108 valence electrons. The third kappa shape index (κ3) is 4.40. The lowest BCUT2D eigenvalue weighted by Gasteiger charge is -2.21. The molecular formula is C19H29B. The van der Waals surface area contributed by atoms with Gasteiger partial charge in [-0.2, -0.15) is 0 Å². The average molecular weight is 268 g/mol. The SMILES string of the molecule is [B]/C(C)=C(C)/C(C)=C(C)/C(C(=C)C)=C(/C)C(C)C(=C)C. The molecule has 0 bridgehead atoms. The molecule has 0 heterocycles. The van der Waals surface area contributed by atoms with Crippen molar-refractivity contribution in [2.75, 3.05) is 0 Å². The summed E-state index contributed by atoms with van der Waals surface area (Å²) in [4.78, 5) is 0. The molecule has 0 aliphatic carbocycles. The minimum absolute atomic E-state index is 0.354. The van der Waals surface area contributed by atoms with E-state index in [1.54, 1.807) is 0 Å². The first-order chi connectivity index (χ1) is 9.02. The highest BCUT2D eigenvalue weighted by Crippen LogP contribution is 2.32. The molecule has 0 amide bonds. The van der Waals surface area contributed by atoms with Crippen LogP contribution in [0.4, 0.5) is 0 Å². The highest BCUT2D eigenvalue weighted by molar-refractivity contribution is 6.21. The summed E-state index contributed by atoms with van der Waals surface area (Å²) in [5, 5.41) is 0. The van der Waals surface area contributed by atoms with Crippen molar-refractivity contribution in [2.45, 2.75) is 55.4 Å². The first-order valence-corrected chi connectivity index (χ1v) is 7.15. The Morgan fingerprint density at radius 1 is 0.800 bits per heavy atom. The Bertz CT molecular complexity index is 506. The molecule has 0 saturated carbocycles. The number of hydrogen-bond acceptors (Lipinski definition) is 0. The minimum atomic E-state index is 0.354. The van der Waals surface area contributed by atoms with Crippen molar-refractivity contribution in [3.8, 4) is 0 Å². The molecule has 0 spiro atoms. The number of rotatable bonds is 5. The summed E-state index contributed by atoms with van der Waals surface area (Å²) in [6.45, 7) is 25.0. The quantitative estimate of drug-likeness (QED) is 0.331. The second-order valence-electron chi connectivity index (χ2n) is 5.96. The summed E-state index contributed by atoms with van der Waals surface area (Å²) in [6, 6.07) is 0. The Hall–Kier alpha value is -1.24. The van der Waals surface area contributed by atoms with Gasteiger partial charge in [0.25, 0.3) is 0 Å². The summed E-state index contributed by atoms with van der Waals surface area (Å²) in [6.07, 6.45) is 0. The molecule has 0 nitrogen and oxygen atoms in total. The molecule has 2 radical (unpaired) electrons. The van der Waals surface area contributed by atoms with Crippen LogP contribution >= 0.6 is 0 Å². The van der Waals surface area contributed by atoms with Crippen LogP contribution in [0.5, 0.6) is 0 Å². The standard InChI is InChI=1S/C19H29B/c1-11(2)13(5)16(8)19(12(3)4)17(9)14(6)15(7)18(10)20/h13H,1,3H2,2,4-10H3/b17-14+,18-15+,19-16-. The number of allylic oxidation sites excluding steroid dienone is 8. The zero-order valence-corrected chi connectivity index (χ0v) is 14.6. The maximum Gasteiger partial charge on any atom is 0.107 e. The van der Waals surface area contributed by atoms with Crippen molar-refractivity contribution < 1.29 is 0 Å². The minimum Gasteiger partial charge on any atom is -0.118 e. The summed E-state index contributed by atoms with van der Waals surface area (Å²) in [5.41, 5.74) is 9.35. The van der Waals surface area contributed by atoms with E-state index >= 15 is 0 Å². The van der Waals surface area contributed by atoms with Gasteiger partial charge in [-0.05, 0) is 64.2 Å². The highest BCUT2D eigenvalue weighted by Gasteiger charge is 2.15. The van der Waals surface area contributed by atoms with E-state index in [1.807, 2.05) is 6.92 Å². The van der Waals surface area contributed by atoms with Crippen molar-refractivity contribution in [1.29, 1.82) is 0 Å². The molecule has 0 aliphatic rings. The third-order valence-corrected chi connectivity index (χ3v) is 4.30. The fraction of sp³-hybridized carbons (Fsp3) is 0.474. The fourth-order valence-electron chi connectivity index (χ4n) is 2.30. The second-order valence-corrected chi connectivity index (χ2v) is 5.96. The van der Waals surface area contributed by atoms with Crippen LogP contribution in [0.3, 0.4) is 0 Å². The van der Waals surface area contributed by atoms with Crippen LogP contribution in [-0.2, 0) is 0 Å².